The van der Waals surface area contributed by atoms with Crippen molar-refractivity contribution in [2.75, 3.05) is 7.11 Å². The highest BCUT2D eigenvalue weighted by Crippen LogP contribution is 2.15. The van der Waals surface area contributed by atoms with Crippen LogP contribution >= 0.6 is 0 Å². The van der Waals surface area contributed by atoms with Gasteiger partial charge in [0, 0.05) is 24.5 Å². The minimum Gasteiger partial charge on any atom is -0.497 e. The molecule has 1 rings (SSSR count). The van der Waals surface area contributed by atoms with Crippen molar-refractivity contribution in [3.8, 4) is 5.75 Å². The first kappa shape index (κ1) is 14.4. The predicted octanol–water partition coefficient (Wildman–Crippen LogP) is 3.35. The molecule has 98 valence electrons. The molecule has 0 atom stereocenters. The van der Waals surface area contributed by atoms with Crippen LogP contribution in [-0.4, -0.2) is 31.6 Å². The Morgan fingerprint density at radius 2 is 1.33 bits per heavy atom. The van der Waals surface area contributed by atoms with Gasteiger partial charge in [0.05, 0.1) is 7.11 Å². The van der Waals surface area contributed by atoms with E-state index in [9.17, 15) is 0 Å². The first-order valence-corrected chi connectivity index (χ1v) is 6.26. The third-order valence-corrected chi connectivity index (χ3v) is 2.23. The molecule has 0 unspecified atom stereocenters. The van der Waals surface area contributed by atoms with Crippen molar-refractivity contribution in [1.29, 1.82) is 0 Å². The van der Waals surface area contributed by atoms with Crippen molar-refractivity contribution in [2.45, 2.75) is 39.8 Å². The van der Waals surface area contributed by atoms with Crippen LogP contribution in [0.3, 0.4) is 0 Å². The van der Waals surface area contributed by atoms with E-state index in [2.05, 4.69) is 43.7 Å². The summed E-state index contributed by atoms with van der Waals surface area (Å²) in [6, 6.07) is 6.59. The fourth-order valence-corrected chi connectivity index (χ4v) is 1.38. The highest BCUT2D eigenvalue weighted by Gasteiger charge is 1.99. The van der Waals surface area contributed by atoms with E-state index in [-0.39, 0.29) is 0 Å². The first-order valence-electron chi connectivity index (χ1n) is 6.26. The number of ether oxygens (including phenoxy) is 1. The fraction of sp³-hybridized carbons (Fsp3) is 0.467. The molecule has 0 spiro atoms. The lowest BCUT2D eigenvalue weighted by Gasteiger charge is -2.04. The molecule has 0 aliphatic carbocycles. The summed E-state index contributed by atoms with van der Waals surface area (Å²) in [5, 5.41) is 0. The lowest BCUT2D eigenvalue weighted by atomic mass is 10.1. The van der Waals surface area contributed by atoms with Crippen LogP contribution in [0.1, 0.15) is 38.8 Å². The van der Waals surface area contributed by atoms with Crippen LogP contribution in [0.4, 0.5) is 0 Å². The predicted molar refractivity (Wildman–Crippen MR) is 78.5 cm³/mol. The van der Waals surface area contributed by atoms with E-state index < -0.39 is 0 Å². The molecule has 0 aliphatic rings. The van der Waals surface area contributed by atoms with Gasteiger partial charge >= 0.3 is 0 Å². The van der Waals surface area contributed by atoms with Gasteiger partial charge in [-0.15, -0.1) is 0 Å². The normalized spacial score (nSPS) is 12.2. The maximum Gasteiger partial charge on any atom is 0.120 e. The Kier molecular flexibility index (Phi) is 5.56. The molecule has 0 radical (unpaired) electrons. The van der Waals surface area contributed by atoms with E-state index in [1.807, 2.05) is 24.6 Å². The number of nitrogens with zero attached hydrogens (tertiary/aromatic N) is 2. The summed E-state index contributed by atoms with van der Waals surface area (Å²) in [5.41, 5.74) is 2.07. The molecule has 0 saturated heterocycles. The van der Waals surface area contributed by atoms with E-state index in [4.69, 9.17) is 4.74 Å². The molecular weight excluding hydrogens is 224 g/mol. The quantitative estimate of drug-likeness (QED) is 0.733. The Morgan fingerprint density at radius 1 is 0.889 bits per heavy atom. The summed E-state index contributed by atoms with van der Waals surface area (Å²) >= 11 is 0. The first-order chi connectivity index (χ1) is 8.51. The van der Waals surface area contributed by atoms with E-state index in [0.29, 0.717) is 12.1 Å². The van der Waals surface area contributed by atoms with E-state index >= 15 is 0 Å². The topological polar surface area (TPSA) is 34.0 Å². The summed E-state index contributed by atoms with van der Waals surface area (Å²) in [6.07, 6.45) is 3.75. The number of hydrogen-bond donors (Lipinski definition) is 0. The van der Waals surface area contributed by atoms with E-state index in [1.165, 1.54) is 0 Å². The van der Waals surface area contributed by atoms with Gasteiger partial charge in [-0.2, -0.15) is 0 Å². The zero-order chi connectivity index (χ0) is 13.5. The zero-order valence-electron chi connectivity index (χ0n) is 11.8. The summed E-state index contributed by atoms with van der Waals surface area (Å²) in [4.78, 5) is 8.76. The van der Waals surface area contributed by atoms with Gasteiger partial charge < -0.3 is 4.74 Å². The van der Waals surface area contributed by atoms with Crippen LogP contribution in [0.15, 0.2) is 28.2 Å². The van der Waals surface area contributed by atoms with Gasteiger partial charge in [-0.05, 0) is 57.0 Å². The molecule has 0 saturated carbocycles. The molecule has 0 amide bonds. The Bertz CT molecular complexity index is 398. The minimum atomic E-state index is 0.295. The van der Waals surface area contributed by atoms with Gasteiger partial charge in [0.15, 0.2) is 0 Å². The summed E-state index contributed by atoms with van der Waals surface area (Å²) in [6.45, 7) is 8.21. The molecule has 0 heterocycles. The molecule has 0 aliphatic heterocycles. The van der Waals surface area contributed by atoms with Crippen molar-refractivity contribution < 1.29 is 4.74 Å². The van der Waals surface area contributed by atoms with Gasteiger partial charge in [0.25, 0.3) is 0 Å². The summed E-state index contributed by atoms with van der Waals surface area (Å²) in [7, 11) is 1.67. The molecule has 0 N–H and O–H groups in total. The number of benzene rings is 1. The summed E-state index contributed by atoms with van der Waals surface area (Å²) < 4.78 is 5.29. The average Bonchev–Trinajstić information content (AvgIpc) is 2.33. The maximum absolute atomic E-state index is 5.29. The van der Waals surface area contributed by atoms with Gasteiger partial charge in [-0.3, -0.25) is 9.98 Å². The fourth-order valence-electron chi connectivity index (χ4n) is 1.38. The molecule has 1 aromatic carbocycles. The van der Waals surface area contributed by atoms with Crippen LogP contribution < -0.4 is 4.74 Å². The van der Waals surface area contributed by atoms with Crippen molar-refractivity contribution in [1.82, 2.24) is 0 Å². The van der Waals surface area contributed by atoms with Crippen LogP contribution in [0.25, 0.3) is 0 Å². The van der Waals surface area contributed by atoms with Crippen LogP contribution in [0.2, 0.25) is 0 Å². The smallest absolute Gasteiger partial charge is 0.120 e. The highest BCUT2D eigenvalue weighted by molar-refractivity contribution is 5.87. The second-order valence-electron chi connectivity index (χ2n) is 4.78. The van der Waals surface area contributed by atoms with Gasteiger partial charge in [-0.25, -0.2) is 0 Å². The Balaban J connectivity index is 3.01. The van der Waals surface area contributed by atoms with Gasteiger partial charge in [-0.1, -0.05) is 0 Å². The number of rotatable bonds is 5. The SMILES string of the molecule is COc1cc(/C=N/C(C)C)cc(/C=N/C(C)C)c1. The largest absolute Gasteiger partial charge is 0.497 e. The molecule has 0 aromatic heterocycles. The molecule has 0 fully saturated rings. The van der Waals surface area contributed by atoms with Gasteiger partial charge in [0.2, 0.25) is 0 Å². The zero-order valence-corrected chi connectivity index (χ0v) is 11.8. The van der Waals surface area contributed by atoms with Crippen LogP contribution in [0, 0.1) is 0 Å². The average molecular weight is 246 g/mol. The number of hydrogen-bond acceptors (Lipinski definition) is 3. The lowest BCUT2D eigenvalue weighted by Crippen LogP contribution is -1.95. The van der Waals surface area contributed by atoms with Crippen LogP contribution in [-0.2, 0) is 0 Å². The summed E-state index contributed by atoms with van der Waals surface area (Å²) in [5.74, 6) is 0.827. The Labute approximate surface area is 110 Å². The third-order valence-electron chi connectivity index (χ3n) is 2.23. The monoisotopic (exact) mass is 246 g/mol. The minimum absolute atomic E-state index is 0.295. The standard InChI is InChI=1S/C15H22N2O/c1-11(2)16-9-13-6-14(10-17-12(3)4)8-15(7-13)18-5/h6-12H,1-5H3/b16-9+,17-10+. The van der Waals surface area contributed by atoms with Crippen molar-refractivity contribution in [2.24, 2.45) is 9.98 Å². The molecule has 1 aromatic rings. The maximum atomic E-state index is 5.29. The molecular formula is C15H22N2O. The lowest BCUT2D eigenvalue weighted by molar-refractivity contribution is 0.414. The van der Waals surface area contributed by atoms with Gasteiger partial charge in [0.1, 0.15) is 5.75 Å². The number of aliphatic imine (C=N–C) groups is 2. The van der Waals surface area contributed by atoms with Crippen molar-refractivity contribution in [3.63, 3.8) is 0 Å². The molecule has 3 heteroatoms. The van der Waals surface area contributed by atoms with E-state index in [1.54, 1.807) is 7.11 Å². The second-order valence-corrected chi connectivity index (χ2v) is 4.78. The second kappa shape index (κ2) is 6.94. The highest BCUT2D eigenvalue weighted by atomic mass is 16.5. The number of methoxy groups -OCH3 is 1. The molecule has 3 nitrogen and oxygen atoms in total. The molecule has 0 bridgehead atoms. The van der Waals surface area contributed by atoms with E-state index in [0.717, 1.165) is 16.9 Å². The van der Waals surface area contributed by atoms with Crippen molar-refractivity contribution >= 4 is 12.4 Å². The third kappa shape index (κ3) is 5.13. The Hall–Kier alpha value is -1.64. The molecule has 18 heavy (non-hydrogen) atoms. The van der Waals surface area contributed by atoms with Crippen LogP contribution in [0.5, 0.6) is 5.75 Å². The Morgan fingerprint density at radius 3 is 1.67 bits per heavy atom. The van der Waals surface area contributed by atoms with Crippen molar-refractivity contribution in [3.05, 3.63) is 29.3 Å².